The SMILES string of the molecule is O=S(=O)([O-])CC(O)CN(CCO)S(=O)(=O)C(F)(F)C(F)(F)C(F)(F)C(F)(F)F.[NH4+]. The molecule has 0 aliphatic heterocycles. The van der Waals surface area contributed by atoms with E-state index in [0.29, 0.717) is 0 Å². The Morgan fingerprint density at radius 2 is 1.31 bits per heavy atom. The van der Waals surface area contributed by atoms with Crippen LogP contribution in [0.25, 0.3) is 0 Å². The second-order valence-electron chi connectivity index (χ2n) is 5.13. The Labute approximate surface area is 157 Å². The van der Waals surface area contributed by atoms with E-state index in [4.69, 9.17) is 5.11 Å². The summed E-state index contributed by atoms with van der Waals surface area (Å²) in [5, 5.41) is 10.6. The van der Waals surface area contributed by atoms with Gasteiger partial charge >= 0.3 is 23.3 Å². The van der Waals surface area contributed by atoms with Gasteiger partial charge in [0.2, 0.25) is 0 Å². The molecule has 0 saturated carbocycles. The molecule has 0 fully saturated rings. The van der Waals surface area contributed by atoms with Gasteiger partial charge < -0.3 is 20.9 Å². The molecule has 0 spiro atoms. The monoisotopic (exact) mass is 498 g/mol. The van der Waals surface area contributed by atoms with Gasteiger partial charge in [-0.25, -0.2) is 16.8 Å². The zero-order valence-electron chi connectivity index (χ0n) is 14.0. The Morgan fingerprint density at radius 1 is 0.897 bits per heavy atom. The Balaban J connectivity index is 0. The molecular weight excluding hydrogens is 483 g/mol. The van der Waals surface area contributed by atoms with Crippen molar-refractivity contribution in [3.05, 3.63) is 0 Å². The molecule has 178 valence electrons. The maximum absolute atomic E-state index is 13.7. The number of sulfonamides is 1. The van der Waals surface area contributed by atoms with E-state index >= 15 is 0 Å². The molecule has 0 radical (unpaired) electrons. The highest BCUT2D eigenvalue weighted by molar-refractivity contribution is 7.90. The summed E-state index contributed by atoms with van der Waals surface area (Å²) in [6.07, 6.45) is -9.97. The molecule has 6 N–H and O–H groups in total. The first-order chi connectivity index (χ1) is 12.1. The lowest BCUT2D eigenvalue weighted by molar-refractivity contribution is -0.382. The number of aliphatic hydroxyl groups is 2. The van der Waals surface area contributed by atoms with E-state index < -0.39 is 79.3 Å². The summed E-state index contributed by atoms with van der Waals surface area (Å²) >= 11 is 0. The van der Waals surface area contributed by atoms with Gasteiger partial charge in [-0.2, -0.15) is 43.8 Å². The van der Waals surface area contributed by atoms with Crippen LogP contribution in [0.5, 0.6) is 0 Å². The number of hydrogen-bond acceptors (Lipinski definition) is 7. The van der Waals surface area contributed by atoms with Crippen molar-refractivity contribution >= 4 is 20.1 Å². The largest absolute Gasteiger partial charge is 0.748 e. The number of aliphatic hydroxyl groups excluding tert-OH is 2. The standard InChI is InChI=1S/C9H12F9NO7S2.H3N/c10-6(11,8(14,15)16)7(12,13)9(17,18)28(25,26)19(1-2-20)3-5(21)4-27(22,23)24;/h5,20-21H,1-4H2,(H,22,23,24);1H3. The van der Waals surface area contributed by atoms with Crippen LogP contribution >= 0.6 is 0 Å². The van der Waals surface area contributed by atoms with E-state index in [0.717, 1.165) is 0 Å². The smallest absolute Gasteiger partial charge is 0.460 e. The van der Waals surface area contributed by atoms with Crippen LogP contribution in [-0.4, -0.2) is 90.7 Å². The van der Waals surface area contributed by atoms with E-state index in [1.54, 1.807) is 0 Å². The molecule has 20 heteroatoms. The van der Waals surface area contributed by atoms with Crippen LogP contribution in [0.15, 0.2) is 0 Å². The van der Waals surface area contributed by atoms with Gasteiger partial charge in [-0.05, 0) is 0 Å². The van der Waals surface area contributed by atoms with Crippen LogP contribution in [0, 0.1) is 0 Å². The summed E-state index contributed by atoms with van der Waals surface area (Å²) in [5.41, 5.74) is 0. The number of rotatable bonds is 10. The lowest BCUT2D eigenvalue weighted by Gasteiger charge is -2.36. The van der Waals surface area contributed by atoms with E-state index in [2.05, 4.69) is 0 Å². The van der Waals surface area contributed by atoms with E-state index in [1.165, 1.54) is 0 Å². The molecule has 0 aliphatic carbocycles. The summed E-state index contributed by atoms with van der Waals surface area (Å²) in [6, 6.07) is 0. The van der Waals surface area contributed by atoms with Gasteiger partial charge in [0.15, 0.2) is 0 Å². The van der Waals surface area contributed by atoms with Gasteiger partial charge in [0, 0.05) is 13.1 Å². The Kier molecular flexibility index (Phi) is 9.45. The predicted octanol–water partition coefficient (Wildman–Crippen LogP) is 0.319. The van der Waals surface area contributed by atoms with Crippen molar-refractivity contribution < 1.29 is 71.1 Å². The van der Waals surface area contributed by atoms with Gasteiger partial charge in [-0.1, -0.05) is 0 Å². The van der Waals surface area contributed by atoms with Crippen molar-refractivity contribution in [2.75, 3.05) is 25.4 Å². The van der Waals surface area contributed by atoms with Gasteiger partial charge in [-0.3, -0.25) is 0 Å². The molecule has 9 nitrogen and oxygen atoms in total. The van der Waals surface area contributed by atoms with Crippen molar-refractivity contribution in [1.82, 2.24) is 10.5 Å². The number of alkyl halides is 9. The zero-order chi connectivity index (χ0) is 23.0. The summed E-state index contributed by atoms with van der Waals surface area (Å²) in [4.78, 5) is 0. The molecule has 0 bridgehead atoms. The Bertz CT molecular complexity index is 755. The Morgan fingerprint density at radius 3 is 1.62 bits per heavy atom. The van der Waals surface area contributed by atoms with Crippen LogP contribution in [-0.2, 0) is 20.1 Å². The quantitative estimate of drug-likeness (QED) is 0.287. The highest BCUT2D eigenvalue weighted by Gasteiger charge is 2.85. The van der Waals surface area contributed by atoms with Crippen LogP contribution < -0.4 is 6.15 Å². The first-order valence-electron chi connectivity index (χ1n) is 6.48. The minimum atomic E-state index is -7.56. The first-order valence-corrected chi connectivity index (χ1v) is 9.50. The van der Waals surface area contributed by atoms with Gasteiger partial charge in [-0.15, -0.1) is 0 Å². The second-order valence-corrected chi connectivity index (χ2v) is 8.56. The molecule has 0 aromatic carbocycles. The fourth-order valence-electron chi connectivity index (χ4n) is 1.63. The van der Waals surface area contributed by atoms with Crippen molar-refractivity contribution in [1.29, 1.82) is 0 Å². The third-order valence-electron chi connectivity index (χ3n) is 2.94. The number of quaternary nitrogens is 1. The summed E-state index contributed by atoms with van der Waals surface area (Å²) in [5.74, 6) is -16.9. The molecule has 1 atom stereocenters. The van der Waals surface area contributed by atoms with E-state index in [1.807, 2.05) is 0 Å². The maximum atomic E-state index is 13.7. The predicted molar refractivity (Wildman–Crippen MR) is 75.0 cm³/mol. The molecule has 29 heavy (non-hydrogen) atoms. The minimum Gasteiger partial charge on any atom is -0.748 e. The molecular formula is C9H15F9N2O7S2. The molecule has 0 rings (SSSR count). The average molecular weight is 498 g/mol. The molecule has 0 aliphatic rings. The fourth-order valence-corrected chi connectivity index (χ4v) is 3.67. The van der Waals surface area contributed by atoms with Gasteiger partial charge in [0.05, 0.1) is 28.6 Å². The Hall–Kier alpha value is -0.930. The maximum Gasteiger partial charge on any atom is 0.460 e. The number of nitrogens with zero attached hydrogens (tertiary/aromatic N) is 1. The molecule has 0 saturated heterocycles. The van der Waals surface area contributed by atoms with Crippen LogP contribution in [0.1, 0.15) is 0 Å². The molecule has 0 heterocycles. The van der Waals surface area contributed by atoms with Crippen molar-refractivity contribution in [3.63, 3.8) is 0 Å². The van der Waals surface area contributed by atoms with Crippen LogP contribution in [0.2, 0.25) is 0 Å². The van der Waals surface area contributed by atoms with Gasteiger partial charge in [0.25, 0.3) is 10.0 Å². The minimum absolute atomic E-state index is 0. The highest BCUT2D eigenvalue weighted by Crippen LogP contribution is 2.55. The second kappa shape index (κ2) is 9.06. The van der Waals surface area contributed by atoms with Crippen LogP contribution in [0.3, 0.4) is 0 Å². The molecule has 1 unspecified atom stereocenters. The van der Waals surface area contributed by atoms with E-state index in [-0.39, 0.29) is 6.15 Å². The summed E-state index contributed by atoms with van der Waals surface area (Å²) in [6.45, 7) is -5.07. The van der Waals surface area contributed by atoms with Crippen molar-refractivity contribution in [3.8, 4) is 0 Å². The lowest BCUT2D eigenvalue weighted by Crippen LogP contribution is -2.65. The lowest BCUT2D eigenvalue weighted by atomic mass is 10.1. The third-order valence-corrected chi connectivity index (χ3v) is 5.65. The normalized spacial score (nSPS) is 15.9. The first kappa shape index (κ1) is 30.3. The molecule has 0 aromatic heterocycles. The van der Waals surface area contributed by atoms with Crippen molar-refractivity contribution in [2.45, 2.75) is 29.4 Å². The van der Waals surface area contributed by atoms with Gasteiger partial charge in [0.1, 0.15) is 0 Å². The summed E-state index contributed by atoms with van der Waals surface area (Å²) < 4.78 is 169. The topological polar surface area (TPSA) is 172 Å². The average Bonchev–Trinajstić information content (AvgIpc) is 2.42. The van der Waals surface area contributed by atoms with Crippen molar-refractivity contribution in [2.24, 2.45) is 0 Å². The summed E-state index contributed by atoms with van der Waals surface area (Å²) in [7, 11) is -12.5. The molecule has 0 aromatic rings. The third kappa shape index (κ3) is 6.04. The molecule has 0 amide bonds. The number of halogens is 9. The van der Waals surface area contributed by atoms with E-state index in [9.17, 15) is 66.0 Å². The number of hydrogen-bond donors (Lipinski definition) is 3. The fraction of sp³-hybridized carbons (Fsp3) is 1.00. The highest BCUT2D eigenvalue weighted by atomic mass is 32.2. The zero-order valence-corrected chi connectivity index (χ0v) is 15.6. The van der Waals surface area contributed by atoms with Crippen LogP contribution in [0.4, 0.5) is 39.5 Å².